The Balaban J connectivity index is 1.73. The lowest BCUT2D eigenvalue weighted by molar-refractivity contribution is 0.115. The van der Waals surface area contributed by atoms with Crippen LogP contribution in [0.15, 0.2) is 47.2 Å². The summed E-state index contributed by atoms with van der Waals surface area (Å²) in [5.41, 5.74) is 1.73. The number of likely N-dealkylation sites (tertiary alicyclic amines) is 1. The average molecular weight is 443 g/mol. The molecule has 6 nitrogen and oxygen atoms in total. The second-order valence-electron chi connectivity index (χ2n) is 7.00. The lowest BCUT2D eigenvalue weighted by Gasteiger charge is -2.29. The predicted octanol–water partition coefficient (Wildman–Crippen LogP) is 4.62. The van der Waals surface area contributed by atoms with Crippen LogP contribution in [0.25, 0.3) is 10.9 Å². The first-order chi connectivity index (χ1) is 13.6. The quantitative estimate of drug-likeness (QED) is 0.621. The lowest BCUT2D eigenvalue weighted by atomic mass is 10.1. The number of nitrogens with zero attached hydrogens (tertiary/aromatic N) is 3. The maximum absolute atomic E-state index is 6.43. The first kappa shape index (κ1) is 19.0. The van der Waals surface area contributed by atoms with Gasteiger partial charge in [-0.1, -0.05) is 22.0 Å². The van der Waals surface area contributed by atoms with Gasteiger partial charge in [0.1, 0.15) is 29.7 Å². The molecule has 1 saturated heterocycles. The maximum atomic E-state index is 6.43. The van der Waals surface area contributed by atoms with E-state index in [1.54, 1.807) is 13.4 Å². The average Bonchev–Trinajstić information content (AvgIpc) is 2.69. The fourth-order valence-electron chi connectivity index (χ4n) is 3.42. The van der Waals surface area contributed by atoms with Crippen molar-refractivity contribution in [3.63, 3.8) is 0 Å². The number of halogens is 1. The Bertz CT molecular complexity index is 974. The lowest BCUT2D eigenvalue weighted by Crippen LogP contribution is -2.35. The van der Waals surface area contributed by atoms with Crippen LogP contribution in [0, 0.1) is 0 Å². The minimum absolute atomic E-state index is 0.172. The van der Waals surface area contributed by atoms with Crippen LogP contribution >= 0.6 is 15.9 Å². The first-order valence-electron chi connectivity index (χ1n) is 9.33. The number of benzene rings is 2. The van der Waals surface area contributed by atoms with Crippen LogP contribution in [-0.4, -0.2) is 48.2 Å². The highest BCUT2D eigenvalue weighted by Gasteiger charge is 2.21. The van der Waals surface area contributed by atoms with E-state index in [0.29, 0.717) is 5.82 Å². The Kier molecular flexibility index (Phi) is 5.64. The Morgan fingerprint density at radius 3 is 2.71 bits per heavy atom. The third kappa shape index (κ3) is 4.20. The zero-order valence-electron chi connectivity index (χ0n) is 16.0. The number of hydrogen-bond donors (Lipinski definition) is 1. The number of fused-ring (bicyclic) bond motifs is 1. The van der Waals surface area contributed by atoms with Crippen molar-refractivity contribution in [2.45, 2.75) is 18.9 Å². The van der Waals surface area contributed by atoms with Crippen LogP contribution in [0.4, 0.5) is 11.5 Å². The van der Waals surface area contributed by atoms with E-state index in [-0.39, 0.29) is 6.10 Å². The second kappa shape index (κ2) is 8.32. The molecule has 146 valence electrons. The predicted molar refractivity (Wildman–Crippen MR) is 115 cm³/mol. The molecule has 0 unspecified atom stereocenters. The van der Waals surface area contributed by atoms with Gasteiger partial charge in [0, 0.05) is 35.4 Å². The summed E-state index contributed by atoms with van der Waals surface area (Å²) in [7, 11) is 3.80. The van der Waals surface area contributed by atoms with Gasteiger partial charge < -0.3 is 19.7 Å². The molecule has 0 radical (unpaired) electrons. The zero-order chi connectivity index (χ0) is 19.5. The molecular formula is C21H23BrN4O2. The molecule has 3 aromatic rings. The third-order valence-corrected chi connectivity index (χ3v) is 5.45. The molecule has 7 heteroatoms. The number of piperidine rings is 1. The molecular weight excluding hydrogens is 420 g/mol. The van der Waals surface area contributed by atoms with Crippen LogP contribution in [0.5, 0.6) is 11.5 Å². The number of aromatic nitrogens is 2. The summed E-state index contributed by atoms with van der Waals surface area (Å²) in [6.07, 6.45) is 3.72. The summed E-state index contributed by atoms with van der Waals surface area (Å²) in [4.78, 5) is 11.3. The molecule has 28 heavy (non-hydrogen) atoms. The summed E-state index contributed by atoms with van der Waals surface area (Å²) in [5, 5.41) is 4.26. The highest BCUT2D eigenvalue weighted by atomic mass is 79.9. The van der Waals surface area contributed by atoms with Crippen molar-refractivity contribution < 1.29 is 9.47 Å². The van der Waals surface area contributed by atoms with E-state index in [1.807, 2.05) is 36.4 Å². The van der Waals surface area contributed by atoms with Gasteiger partial charge in [0.25, 0.3) is 0 Å². The van der Waals surface area contributed by atoms with E-state index in [4.69, 9.17) is 9.47 Å². The van der Waals surface area contributed by atoms with Gasteiger partial charge in [0.15, 0.2) is 0 Å². The van der Waals surface area contributed by atoms with Gasteiger partial charge in [-0.25, -0.2) is 9.97 Å². The summed E-state index contributed by atoms with van der Waals surface area (Å²) in [6.45, 7) is 2.07. The van der Waals surface area contributed by atoms with Gasteiger partial charge >= 0.3 is 0 Å². The van der Waals surface area contributed by atoms with E-state index in [1.165, 1.54) is 0 Å². The van der Waals surface area contributed by atoms with E-state index in [9.17, 15) is 0 Å². The fraction of sp³-hybridized carbons (Fsp3) is 0.333. The van der Waals surface area contributed by atoms with Crippen molar-refractivity contribution >= 4 is 38.3 Å². The van der Waals surface area contributed by atoms with Crippen molar-refractivity contribution in [2.75, 3.05) is 32.6 Å². The molecule has 4 rings (SSSR count). The molecule has 0 aliphatic carbocycles. The van der Waals surface area contributed by atoms with E-state index >= 15 is 0 Å². The van der Waals surface area contributed by atoms with E-state index in [0.717, 1.165) is 58.5 Å². The number of rotatable bonds is 5. The number of ether oxygens (including phenoxy) is 2. The third-order valence-electron chi connectivity index (χ3n) is 4.96. The van der Waals surface area contributed by atoms with Gasteiger partial charge in [-0.3, -0.25) is 0 Å². The highest BCUT2D eigenvalue weighted by Crippen LogP contribution is 2.36. The normalized spacial score (nSPS) is 15.5. The Labute approximate surface area is 173 Å². The SMILES string of the molecule is COc1cc(OC2CCN(C)CC2)c2c(Nc3cccc(Br)c3)ncnc2c1. The van der Waals surface area contributed by atoms with Crippen molar-refractivity contribution in [3.8, 4) is 11.5 Å². The minimum atomic E-state index is 0.172. The Morgan fingerprint density at radius 1 is 1.14 bits per heavy atom. The molecule has 0 atom stereocenters. The Morgan fingerprint density at radius 2 is 1.96 bits per heavy atom. The first-order valence-corrected chi connectivity index (χ1v) is 10.1. The molecule has 2 heterocycles. The standard InChI is InChI=1S/C21H23BrN4O2/c1-26-8-6-16(7-9-26)28-19-12-17(27-2)11-18-20(19)21(24-13-23-18)25-15-5-3-4-14(22)10-15/h3-5,10-13,16H,6-9H2,1-2H3,(H,23,24,25). The second-order valence-corrected chi connectivity index (χ2v) is 7.91. The van der Waals surface area contributed by atoms with Gasteiger partial charge in [0.2, 0.25) is 0 Å². The van der Waals surface area contributed by atoms with Crippen LogP contribution in [0.3, 0.4) is 0 Å². The summed E-state index contributed by atoms with van der Waals surface area (Å²) < 4.78 is 12.9. The number of anilines is 2. The van der Waals surface area contributed by atoms with Gasteiger partial charge in [0.05, 0.1) is 18.0 Å². The van der Waals surface area contributed by atoms with Gasteiger partial charge in [-0.05, 0) is 38.1 Å². The van der Waals surface area contributed by atoms with Gasteiger partial charge in [-0.2, -0.15) is 0 Å². The van der Waals surface area contributed by atoms with Crippen molar-refractivity contribution in [3.05, 3.63) is 47.2 Å². The van der Waals surface area contributed by atoms with Crippen LogP contribution in [0.2, 0.25) is 0 Å². The van der Waals surface area contributed by atoms with Crippen LogP contribution in [-0.2, 0) is 0 Å². The molecule has 1 aliphatic heterocycles. The maximum Gasteiger partial charge on any atom is 0.145 e. The largest absolute Gasteiger partial charge is 0.497 e. The molecule has 0 amide bonds. The van der Waals surface area contributed by atoms with Crippen LogP contribution < -0.4 is 14.8 Å². The minimum Gasteiger partial charge on any atom is -0.497 e. The molecule has 0 spiro atoms. The Hall–Kier alpha value is -2.38. The molecule has 1 aromatic heterocycles. The summed E-state index contributed by atoms with van der Waals surface area (Å²) in [5.74, 6) is 2.19. The monoisotopic (exact) mass is 442 g/mol. The molecule has 1 aliphatic rings. The molecule has 0 bridgehead atoms. The highest BCUT2D eigenvalue weighted by molar-refractivity contribution is 9.10. The number of hydrogen-bond acceptors (Lipinski definition) is 6. The zero-order valence-corrected chi connectivity index (χ0v) is 17.6. The number of nitrogens with one attached hydrogen (secondary N) is 1. The fourth-order valence-corrected chi connectivity index (χ4v) is 3.82. The van der Waals surface area contributed by atoms with Crippen molar-refractivity contribution in [1.29, 1.82) is 0 Å². The molecule has 2 aromatic carbocycles. The number of methoxy groups -OCH3 is 1. The summed E-state index contributed by atoms with van der Waals surface area (Å²) >= 11 is 3.51. The van der Waals surface area contributed by atoms with Crippen molar-refractivity contribution in [2.24, 2.45) is 0 Å². The van der Waals surface area contributed by atoms with Crippen LogP contribution in [0.1, 0.15) is 12.8 Å². The van der Waals surface area contributed by atoms with Crippen molar-refractivity contribution in [1.82, 2.24) is 14.9 Å². The van der Waals surface area contributed by atoms with E-state index in [2.05, 4.69) is 43.2 Å². The molecule has 0 saturated carbocycles. The van der Waals surface area contributed by atoms with Gasteiger partial charge in [-0.15, -0.1) is 0 Å². The molecule has 1 N–H and O–H groups in total. The summed E-state index contributed by atoms with van der Waals surface area (Å²) in [6, 6.07) is 11.8. The molecule has 1 fully saturated rings. The smallest absolute Gasteiger partial charge is 0.145 e. The van der Waals surface area contributed by atoms with E-state index < -0.39 is 0 Å². The topological polar surface area (TPSA) is 59.5 Å².